The Hall–Kier alpha value is -2.41. The maximum absolute atomic E-state index is 12.3. The Morgan fingerprint density at radius 2 is 2.38 bits per heavy atom. The molecule has 1 aliphatic heterocycles. The van der Waals surface area contributed by atoms with Crippen LogP contribution in [0.15, 0.2) is 36.1 Å². The molecule has 0 fully saturated rings. The van der Waals surface area contributed by atoms with Gasteiger partial charge in [0.05, 0.1) is 18.7 Å². The molecule has 0 unspecified atom stereocenters. The van der Waals surface area contributed by atoms with Gasteiger partial charge in [-0.05, 0) is 17.9 Å². The molecule has 24 heavy (non-hydrogen) atoms. The number of fused-ring (bicyclic) bond motifs is 1. The van der Waals surface area contributed by atoms with Gasteiger partial charge in [0.2, 0.25) is 5.91 Å². The lowest BCUT2D eigenvalue weighted by molar-refractivity contribution is -0.116. The van der Waals surface area contributed by atoms with Crippen LogP contribution < -0.4 is 5.32 Å². The van der Waals surface area contributed by atoms with Crippen molar-refractivity contribution in [2.45, 2.75) is 38.8 Å². The number of anilines is 1. The molecule has 1 atom stereocenters. The molecule has 0 aliphatic carbocycles. The van der Waals surface area contributed by atoms with E-state index >= 15 is 0 Å². The molecule has 6 nitrogen and oxygen atoms in total. The summed E-state index contributed by atoms with van der Waals surface area (Å²) in [5.41, 5.74) is 1.05. The molecule has 3 aromatic heterocycles. The number of nitrogens with one attached hydrogen (secondary N) is 1. The standard InChI is InChI=1S/C17H19N5OS/c1-2-6-21-7-5-18-16(21)13-9-15(23)20-17-14(13)10-19-22(17)11-12-4-3-8-24-12/h3-5,7-8,10,13H,2,6,9,11H2,1H3,(H,20,23)/t13-/m1/s1. The lowest BCUT2D eigenvalue weighted by atomic mass is 9.93. The molecule has 0 saturated carbocycles. The Balaban J connectivity index is 1.71. The van der Waals surface area contributed by atoms with E-state index in [1.54, 1.807) is 11.3 Å². The zero-order valence-electron chi connectivity index (χ0n) is 13.5. The van der Waals surface area contributed by atoms with Gasteiger partial charge in [-0.3, -0.25) is 4.79 Å². The van der Waals surface area contributed by atoms with Crippen LogP contribution >= 0.6 is 11.3 Å². The van der Waals surface area contributed by atoms with Crippen molar-refractivity contribution in [1.29, 1.82) is 0 Å². The van der Waals surface area contributed by atoms with Crippen molar-refractivity contribution in [3.8, 4) is 0 Å². The van der Waals surface area contributed by atoms with Crippen molar-refractivity contribution in [1.82, 2.24) is 19.3 Å². The highest BCUT2D eigenvalue weighted by molar-refractivity contribution is 7.09. The van der Waals surface area contributed by atoms with Crippen LogP contribution in [0.3, 0.4) is 0 Å². The number of imidazole rings is 1. The van der Waals surface area contributed by atoms with Crippen LogP contribution in [0.1, 0.15) is 41.9 Å². The lowest BCUT2D eigenvalue weighted by Crippen LogP contribution is -2.26. The molecule has 0 radical (unpaired) electrons. The third-order valence-corrected chi connectivity index (χ3v) is 5.16. The lowest BCUT2D eigenvalue weighted by Gasteiger charge is -2.23. The Kier molecular flexibility index (Phi) is 3.93. The minimum atomic E-state index is -0.0348. The summed E-state index contributed by atoms with van der Waals surface area (Å²) in [6.45, 7) is 3.72. The van der Waals surface area contributed by atoms with Crippen molar-refractivity contribution >= 4 is 23.1 Å². The second-order valence-corrected chi connectivity index (χ2v) is 7.00. The Morgan fingerprint density at radius 1 is 1.46 bits per heavy atom. The molecule has 1 amide bonds. The average Bonchev–Trinajstić information content (AvgIpc) is 3.29. The van der Waals surface area contributed by atoms with Crippen molar-refractivity contribution in [3.05, 3.63) is 52.4 Å². The Bertz CT molecular complexity index is 848. The molecule has 3 aromatic rings. The van der Waals surface area contributed by atoms with Gasteiger partial charge in [-0.25, -0.2) is 9.67 Å². The van der Waals surface area contributed by atoms with Gasteiger partial charge in [-0.15, -0.1) is 11.3 Å². The zero-order valence-corrected chi connectivity index (χ0v) is 14.3. The number of hydrogen-bond donors (Lipinski definition) is 1. The van der Waals surface area contributed by atoms with E-state index in [-0.39, 0.29) is 11.8 Å². The van der Waals surface area contributed by atoms with Crippen molar-refractivity contribution < 1.29 is 4.79 Å². The SMILES string of the molecule is CCCn1ccnc1[C@@H]1CC(=O)Nc2c1cnn2Cc1cccs1. The molecule has 4 heterocycles. The molecular weight excluding hydrogens is 322 g/mol. The van der Waals surface area contributed by atoms with E-state index in [9.17, 15) is 4.79 Å². The molecule has 1 N–H and O–H groups in total. The van der Waals surface area contributed by atoms with Crippen LogP contribution in [0.2, 0.25) is 0 Å². The van der Waals surface area contributed by atoms with Gasteiger partial charge in [0.15, 0.2) is 0 Å². The maximum Gasteiger partial charge on any atom is 0.226 e. The van der Waals surface area contributed by atoms with Crippen molar-refractivity contribution in [3.63, 3.8) is 0 Å². The summed E-state index contributed by atoms with van der Waals surface area (Å²) in [6.07, 6.45) is 7.12. The third-order valence-electron chi connectivity index (χ3n) is 4.30. The number of thiophene rings is 1. The van der Waals surface area contributed by atoms with Crippen LogP contribution in [0, 0.1) is 0 Å². The molecule has 0 spiro atoms. The van der Waals surface area contributed by atoms with E-state index in [4.69, 9.17) is 0 Å². The van der Waals surface area contributed by atoms with Gasteiger partial charge in [-0.1, -0.05) is 13.0 Å². The van der Waals surface area contributed by atoms with E-state index in [2.05, 4.69) is 33.0 Å². The number of hydrogen-bond acceptors (Lipinski definition) is 4. The van der Waals surface area contributed by atoms with Crippen LogP contribution in [0.4, 0.5) is 5.82 Å². The first-order valence-electron chi connectivity index (χ1n) is 8.15. The molecule has 4 rings (SSSR count). The predicted molar refractivity (Wildman–Crippen MR) is 93.3 cm³/mol. The normalized spacial score (nSPS) is 16.9. The van der Waals surface area contributed by atoms with Crippen LogP contribution in [-0.2, 0) is 17.9 Å². The minimum Gasteiger partial charge on any atom is -0.334 e. The van der Waals surface area contributed by atoms with Crippen molar-refractivity contribution in [2.24, 2.45) is 0 Å². The zero-order chi connectivity index (χ0) is 16.5. The number of carbonyl (C=O) groups is 1. The highest BCUT2D eigenvalue weighted by Crippen LogP contribution is 2.36. The first-order chi connectivity index (χ1) is 11.8. The number of carbonyl (C=O) groups excluding carboxylic acids is 1. The monoisotopic (exact) mass is 341 g/mol. The number of aryl methyl sites for hydroxylation is 1. The highest BCUT2D eigenvalue weighted by atomic mass is 32.1. The first kappa shape index (κ1) is 15.1. The van der Waals surface area contributed by atoms with Gasteiger partial charge in [-0.2, -0.15) is 5.10 Å². The first-order valence-corrected chi connectivity index (χ1v) is 9.03. The van der Waals surface area contributed by atoms with Gasteiger partial charge in [0.1, 0.15) is 11.6 Å². The van der Waals surface area contributed by atoms with E-state index < -0.39 is 0 Å². The molecule has 0 bridgehead atoms. The second-order valence-electron chi connectivity index (χ2n) is 5.97. The fraction of sp³-hybridized carbons (Fsp3) is 0.353. The number of rotatable bonds is 5. The number of amides is 1. The Labute approximate surface area is 144 Å². The van der Waals surface area contributed by atoms with Gasteiger partial charge < -0.3 is 9.88 Å². The molecular formula is C17H19N5OS. The smallest absolute Gasteiger partial charge is 0.226 e. The van der Waals surface area contributed by atoms with Crippen LogP contribution in [0.25, 0.3) is 0 Å². The highest BCUT2D eigenvalue weighted by Gasteiger charge is 2.32. The summed E-state index contributed by atoms with van der Waals surface area (Å²) in [4.78, 5) is 18.0. The van der Waals surface area contributed by atoms with Gasteiger partial charge in [0.25, 0.3) is 0 Å². The summed E-state index contributed by atoms with van der Waals surface area (Å²) in [5, 5.41) is 9.56. The topological polar surface area (TPSA) is 64.7 Å². The number of aromatic nitrogens is 4. The number of nitrogens with zero attached hydrogens (tertiary/aromatic N) is 4. The summed E-state index contributed by atoms with van der Waals surface area (Å²) in [5.74, 6) is 1.73. The molecule has 1 aliphatic rings. The van der Waals surface area contributed by atoms with Crippen molar-refractivity contribution in [2.75, 3.05) is 5.32 Å². The largest absolute Gasteiger partial charge is 0.334 e. The van der Waals surface area contributed by atoms with Gasteiger partial charge in [0, 0.05) is 35.8 Å². The fourth-order valence-electron chi connectivity index (χ4n) is 3.23. The summed E-state index contributed by atoms with van der Waals surface area (Å²) in [7, 11) is 0. The van der Waals surface area contributed by atoms with E-state index in [0.29, 0.717) is 13.0 Å². The summed E-state index contributed by atoms with van der Waals surface area (Å²) in [6, 6.07) is 4.10. The van der Waals surface area contributed by atoms with Crippen LogP contribution in [0.5, 0.6) is 0 Å². The minimum absolute atomic E-state index is 0.0199. The summed E-state index contributed by atoms with van der Waals surface area (Å²) >= 11 is 1.69. The van der Waals surface area contributed by atoms with E-state index in [1.807, 2.05) is 34.7 Å². The fourth-order valence-corrected chi connectivity index (χ4v) is 3.92. The third kappa shape index (κ3) is 2.65. The van der Waals surface area contributed by atoms with Gasteiger partial charge >= 0.3 is 0 Å². The predicted octanol–water partition coefficient (Wildman–Crippen LogP) is 3.07. The second kappa shape index (κ2) is 6.24. The quantitative estimate of drug-likeness (QED) is 0.776. The van der Waals surface area contributed by atoms with E-state index in [0.717, 1.165) is 30.2 Å². The molecule has 7 heteroatoms. The Morgan fingerprint density at radius 3 is 3.17 bits per heavy atom. The molecule has 124 valence electrons. The average molecular weight is 341 g/mol. The molecule has 0 saturated heterocycles. The maximum atomic E-state index is 12.3. The molecule has 0 aromatic carbocycles. The van der Waals surface area contributed by atoms with E-state index in [1.165, 1.54) is 4.88 Å². The van der Waals surface area contributed by atoms with Crippen LogP contribution in [-0.4, -0.2) is 25.2 Å². The summed E-state index contributed by atoms with van der Waals surface area (Å²) < 4.78 is 4.02.